The molecule has 0 amide bonds. The van der Waals surface area contributed by atoms with Crippen molar-refractivity contribution in [3.05, 3.63) is 283 Å². The maximum absolute atomic E-state index is 2.53. The Morgan fingerprint density at radius 3 is 1.70 bits per heavy atom. The Kier molecular flexibility index (Phi) is 9.33. The SMILES string of the molecule is c1ccc(C2(c3ccccc3)c3ccccc3-c3c(N(c4ccc(-c5cccc(-c6cccc7ccccc67)c5)cc4)c4ccccc4-c4cccc5sc6ccccc6c45)cccc32)cc1. The lowest BCUT2D eigenvalue weighted by molar-refractivity contribution is 0.768. The molecule has 13 rings (SSSR count). The van der Waals surface area contributed by atoms with Gasteiger partial charge in [-0.25, -0.2) is 0 Å². The minimum atomic E-state index is -0.532. The van der Waals surface area contributed by atoms with Gasteiger partial charge in [0, 0.05) is 37.0 Å². The smallest absolute Gasteiger partial charge is 0.0714 e. The van der Waals surface area contributed by atoms with Crippen molar-refractivity contribution in [1.29, 1.82) is 0 Å². The molecule has 1 aliphatic carbocycles. The topological polar surface area (TPSA) is 3.24 Å². The highest BCUT2D eigenvalue weighted by molar-refractivity contribution is 7.25. The summed E-state index contributed by atoms with van der Waals surface area (Å²) in [5.74, 6) is 0. The van der Waals surface area contributed by atoms with Gasteiger partial charge >= 0.3 is 0 Å². The molecule has 1 heterocycles. The standard InChI is InChI=1S/C65H43NS/c1-3-23-48(24-4-1)65(49-25-5-2-6-26-49)57-33-12-9-29-55(57)64-58(65)34-18-36-60(64)66(59-35-13-10-28-53(59)54-32-17-38-62-63(54)56-30-11-14-37-61(56)67-62)50-41-39-44(40-42-50)46-21-15-22-47(43-46)52-31-16-20-45-19-7-8-27-51(45)52/h1-43H. The number of hydrogen-bond acceptors (Lipinski definition) is 2. The molecule has 0 spiro atoms. The molecule has 0 radical (unpaired) electrons. The number of anilines is 3. The van der Waals surface area contributed by atoms with E-state index in [1.807, 2.05) is 11.3 Å². The molecular weight excluding hydrogens is 827 g/mol. The van der Waals surface area contributed by atoms with Crippen LogP contribution in [-0.4, -0.2) is 0 Å². The molecule has 67 heavy (non-hydrogen) atoms. The van der Waals surface area contributed by atoms with Crippen LogP contribution in [-0.2, 0) is 5.41 Å². The van der Waals surface area contributed by atoms with E-state index in [0.29, 0.717) is 0 Å². The highest BCUT2D eigenvalue weighted by Crippen LogP contribution is 2.60. The molecule has 0 atom stereocenters. The molecule has 12 aromatic rings. The summed E-state index contributed by atoms with van der Waals surface area (Å²) in [6.07, 6.45) is 0. The molecule has 0 N–H and O–H groups in total. The second-order valence-electron chi connectivity index (χ2n) is 17.5. The van der Waals surface area contributed by atoms with E-state index in [9.17, 15) is 0 Å². The van der Waals surface area contributed by atoms with Crippen molar-refractivity contribution in [2.75, 3.05) is 4.90 Å². The summed E-state index contributed by atoms with van der Waals surface area (Å²) >= 11 is 1.87. The number of hydrogen-bond donors (Lipinski definition) is 0. The first-order chi connectivity index (χ1) is 33.3. The van der Waals surface area contributed by atoms with Gasteiger partial charge in [0.2, 0.25) is 0 Å². The summed E-state index contributed by atoms with van der Waals surface area (Å²) in [6.45, 7) is 0. The van der Waals surface area contributed by atoms with E-state index < -0.39 is 5.41 Å². The predicted molar refractivity (Wildman–Crippen MR) is 285 cm³/mol. The Morgan fingerprint density at radius 1 is 0.328 bits per heavy atom. The van der Waals surface area contributed by atoms with Crippen molar-refractivity contribution in [1.82, 2.24) is 0 Å². The van der Waals surface area contributed by atoms with Gasteiger partial charge in [-0.15, -0.1) is 11.3 Å². The first-order valence-corrected chi connectivity index (χ1v) is 23.9. The number of rotatable bonds is 8. The number of fused-ring (bicyclic) bond motifs is 7. The van der Waals surface area contributed by atoms with Crippen LogP contribution in [0.3, 0.4) is 0 Å². The molecule has 1 aliphatic rings. The molecule has 2 heteroatoms. The fourth-order valence-electron chi connectivity index (χ4n) is 11.1. The molecule has 1 aromatic heterocycles. The van der Waals surface area contributed by atoms with Crippen LogP contribution in [0.5, 0.6) is 0 Å². The Labute approximate surface area is 395 Å². The quantitative estimate of drug-likeness (QED) is 0.147. The molecular formula is C65H43NS. The first kappa shape index (κ1) is 39.1. The maximum Gasteiger partial charge on any atom is 0.0714 e. The third-order valence-corrected chi connectivity index (χ3v) is 15.1. The highest BCUT2D eigenvalue weighted by atomic mass is 32.1. The Hall–Kier alpha value is -8.30. The van der Waals surface area contributed by atoms with Gasteiger partial charge in [0.15, 0.2) is 0 Å². The molecule has 1 nitrogen and oxygen atoms in total. The molecule has 0 saturated heterocycles. The molecule has 11 aromatic carbocycles. The van der Waals surface area contributed by atoms with Crippen LogP contribution in [0.15, 0.2) is 261 Å². The van der Waals surface area contributed by atoms with E-state index in [4.69, 9.17) is 0 Å². The lowest BCUT2D eigenvalue weighted by Gasteiger charge is -2.34. The Morgan fingerprint density at radius 2 is 0.881 bits per heavy atom. The first-order valence-electron chi connectivity index (χ1n) is 23.1. The second-order valence-corrected chi connectivity index (χ2v) is 18.6. The molecule has 0 saturated carbocycles. The molecule has 0 fully saturated rings. The van der Waals surface area contributed by atoms with Crippen LogP contribution in [0.1, 0.15) is 22.3 Å². The van der Waals surface area contributed by atoms with Gasteiger partial charge in [-0.05, 0) is 109 Å². The summed E-state index contributed by atoms with van der Waals surface area (Å²) in [5, 5.41) is 5.10. The summed E-state index contributed by atoms with van der Waals surface area (Å²) in [5.41, 5.74) is 17.6. The molecule has 314 valence electrons. The van der Waals surface area contributed by atoms with Crippen molar-refractivity contribution >= 4 is 59.3 Å². The van der Waals surface area contributed by atoms with Crippen LogP contribution in [0.25, 0.3) is 75.5 Å². The monoisotopic (exact) mass is 869 g/mol. The van der Waals surface area contributed by atoms with Crippen LogP contribution < -0.4 is 4.90 Å². The van der Waals surface area contributed by atoms with Crippen molar-refractivity contribution in [2.24, 2.45) is 0 Å². The van der Waals surface area contributed by atoms with Crippen LogP contribution >= 0.6 is 11.3 Å². The zero-order valence-electron chi connectivity index (χ0n) is 36.7. The van der Waals surface area contributed by atoms with Crippen molar-refractivity contribution in [2.45, 2.75) is 5.41 Å². The Balaban J connectivity index is 1.05. The average Bonchev–Trinajstić information content (AvgIpc) is 3.94. The third kappa shape index (κ3) is 6.22. The van der Waals surface area contributed by atoms with E-state index in [1.54, 1.807) is 0 Å². The molecule has 0 unspecified atom stereocenters. The average molecular weight is 870 g/mol. The number of benzene rings is 11. The zero-order valence-corrected chi connectivity index (χ0v) is 37.5. The van der Waals surface area contributed by atoms with E-state index >= 15 is 0 Å². The summed E-state index contributed by atoms with van der Waals surface area (Å²) < 4.78 is 2.59. The van der Waals surface area contributed by atoms with E-state index in [2.05, 4.69) is 266 Å². The van der Waals surface area contributed by atoms with E-state index in [0.717, 1.165) is 17.1 Å². The number of para-hydroxylation sites is 1. The highest BCUT2D eigenvalue weighted by Gasteiger charge is 2.47. The summed E-state index contributed by atoms with van der Waals surface area (Å²) in [7, 11) is 0. The number of thiophene rings is 1. The minimum absolute atomic E-state index is 0.532. The van der Waals surface area contributed by atoms with Gasteiger partial charge in [-0.2, -0.15) is 0 Å². The van der Waals surface area contributed by atoms with Crippen LogP contribution in [0.4, 0.5) is 17.1 Å². The lowest BCUT2D eigenvalue weighted by atomic mass is 9.68. The van der Waals surface area contributed by atoms with Crippen molar-refractivity contribution in [3.63, 3.8) is 0 Å². The van der Waals surface area contributed by atoms with E-state index in [1.165, 1.54) is 97.7 Å². The van der Waals surface area contributed by atoms with Crippen molar-refractivity contribution in [3.8, 4) is 44.5 Å². The van der Waals surface area contributed by atoms with Crippen LogP contribution in [0.2, 0.25) is 0 Å². The van der Waals surface area contributed by atoms with Gasteiger partial charge in [-0.1, -0.05) is 218 Å². The number of nitrogens with zero attached hydrogens (tertiary/aromatic N) is 1. The van der Waals surface area contributed by atoms with Crippen LogP contribution in [0, 0.1) is 0 Å². The van der Waals surface area contributed by atoms with E-state index in [-0.39, 0.29) is 0 Å². The predicted octanol–water partition coefficient (Wildman–Crippen LogP) is 18.0. The summed E-state index contributed by atoms with van der Waals surface area (Å²) in [6, 6.07) is 96.4. The van der Waals surface area contributed by atoms with Gasteiger partial charge in [0.1, 0.15) is 0 Å². The fraction of sp³-hybridized carbons (Fsp3) is 0.0154. The minimum Gasteiger partial charge on any atom is -0.309 e. The lowest BCUT2D eigenvalue weighted by Crippen LogP contribution is -2.28. The fourth-order valence-corrected chi connectivity index (χ4v) is 12.2. The largest absolute Gasteiger partial charge is 0.309 e. The zero-order chi connectivity index (χ0) is 44.3. The summed E-state index contributed by atoms with van der Waals surface area (Å²) in [4.78, 5) is 2.53. The third-order valence-electron chi connectivity index (χ3n) is 14.0. The Bertz CT molecular complexity index is 3760. The normalized spacial score (nSPS) is 12.6. The van der Waals surface area contributed by atoms with Gasteiger partial charge in [0.05, 0.1) is 16.8 Å². The maximum atomic E-state index is 2.53. The van der Waals surface area contributed by atoms with Gasteiger partial charge in [-0.3, -0.25) is 0 Å². The van der Waals surface area contributed by atoms with Crippen molar-refractivity contribution < 1.29 is 0 Å². The second kappa shape index (κ2) is 16.0. The molecule has 0 aliphatic heterocycles. The van der Waals surface area contributed by atoms with Gasteiger partial charge in [0.25, 0.3) is 0 Å². The van der Waals surface area contributed by atoms with Gasteiger partial charge < -0.3 is 4.90 Å². The molecule has 0 bridgehead atoms.